The first-order valence-corrected chi connectivity index (χ1v) is 4.49. The number of nitrogen functional groups attached to an aromatic ring is 1. The van der Waals surface area contributed by atoms with Gasteiger partial charge in [0.2, 0.25) is 0 Å². The number of hydrogen-bond donors (Lipinski definition) is 1. The number of anilines is 1. The Labute approximate surface area is 84.4 Å². The van der Waals surface area contributed by atoms with Gasteiger partial charge in [0.15, 0.2) is 0 Å². The minimum atomic E-state index is -0.473. The van der Waals surface area contributed by atoms with Crippen LogP contribution in [0.25, 0.3) is 0 Å². The number of nitrogens with zero attached hydrogens (tertiary/aromatic N) is 3. The molecule has 0 aliphatic rings. The number of hydroxylamine groups is 2. The van der Waals surface area contributed by atoms with Gasteiger partial charge in [-0.25, -0.2) is 0 Å². The first kappa shape index (κ1) is 11.0. The molecule has 1 aromatic heterocycles. The molecule has 5 heteroatoms. The average molecular weight is 198 g/mol. The maximum atomic E-state index is 5.82. The van der Waals surface area contributed by atoms with Crippen LogP contribution in [0.4, 0.5) is 5.69 Å². The minimum absolute atomic E-state index is 0.473. The minimum Gasteiger partial charge on any atom is -0.396 e. The van der Waals surface area contributed by atoms with Crippen LogP contribution >= 0.6 is 0 Å². The molecule has 0 aliphatic carbocycles. The third kappa shape index (κ3) is 2.05. The monoisotopic (exact) mass is 198 g/mol. The molecule has 1 rings (SSSR count). The molecule has 1 heterocycles. The Morgan fingerprint density at radius 2 is 2.07 bits per heavy atom. The van der Waals surface area contributed by atoms with Crippen molar-refractivity contribution in [3.8, 4) is 0 Å². The summed E-state index contributed by atoms with van der Waals surface area (Å²) < 4.78 is 1.73. The van der Waals surface area contributed by atoms with Crippen molar-refractivity contribution in [3.63, 3.8) is 0 Å². The van der Waals surface area contributed by atoms with Gasteiger partial charge in [0, 0.05) is 21.1 Å². The van der Waals surface area contributed by atoms with Gasteiger partial charge in [-0.05, 0) is 13.8 Å². The topological polar surface area (TPSA) is 56.3 Å². The highest BCUT2D eigenvalue weighted by atomic mass is 16.7. The summed E-state index contributed by atoms with van der Waals surface area (Å²) in [5.74, 6) is 0. The molecule has 80 valence electrons. The summed E-state index contributed by atoms with van der Waals surface area (Å²) in [4.78, 5) is 5.64. The average Bonchev–Trinajstić information content (AvgIpc) is 2.27. The van der Waals surface area contributed by atoms with Crippen molar-refractivity contribution >= 4 is 5.69 Å². The second-order valence-electron chi connectivity index (χ2n) is 3.99. The molecule has 0 fully saturated rings. The second kappa shape index (κ2) is 3.59. The van der Waals surface area contributed by atoms with Gasteiger partial charge in [-0.2, -0.15) is 10.2 Å². The lowest BCUT2D eigenvalue weighted by Gasteiger charge is -2.28. The Morgan fingerprint density at radius 1 is 1.50 bits per heavy atom. The van der Waals surface area contributed by atoms with Crippen molar-refractivity contribution in [2.24, 2.45) is 7.05 Å². The zero-order chi connectivity index (χ0) is 10.9. The Bertz CT molecular complexity index is 297. The van der Waals surface area contributed by atoms with Crippen molar-refractivity contribution < 1.29 is 4.84 Å². The number of hydrogen-bond acceptors (Lipinski definition) is 4. The van der Waals surface area contributed by atoms with Crippen LogP contribution in [0, 0.1) is 0 Å². The van der Waals surface area contributed by atoms with Crippen LogP contribution in [0.2, 0.25) is 0 Å². The summed E-state index contributed by atoms with van der Waals surface area (Å²) in [6, 6.07) is 0. The van der Waals surface area contributed by atoms with E-state index < -0.39 is 5.60 Å². The highest BCUT2D eigenvalue weighted by molar-refractivity contribution is 5.43. The van der Waals surface area contributed by atoms with Crippen LogP contribution in [-0.4, -0.2) is 28.9 Å². The van der Waals surface area contributed by atoms with Gasteiger partial charge < -0.3 is 5.73 Å². The molecule has 0 amide bonds. The standard InChI is InChI=1S/C9H18N4O/c1-9(2,14-12(3)4)8-7(10)6-11-13(8)5/h6H,10H2,1-5H3. The molecule has 2 N–H and O–H groups in total. The fourth-order valence-electron chi connectivity index (χ4n) is 1.69. The molecule has 0 aromatic carbocycles. The molecule has 14 heavy (non-hydrogen) atoms. The molecule has 0 aliphatic heterocycles. The van der Waals surface area contributed by atoms with Gasteiger partial charge in [-0.15, -0.1) is 0 Å². The first-order chi connectivity index (χ1) is 6.34. The van der Waals surface area contributed by atoms with E-state index >= 15 is 0 Å². The predicted octanol–water partition coefficient (Wildman–Crippen LogP) is 0.731. The molecule has 0 spiro atoms. The molecule has 0 saturated carbocycles. The predicted molar refractivity (Wildman–Crippen MR) is 55.4 cm³/mol. The molecular formula is C9H18N4O. The van der Waals surface area contributed by atoms with E-state index in [1.165, 1.54) is 0 Å². The number of rotatable bonds is 3. The molecule has 0 unspecified atom stereocenters. The Kier molecular flexibility index (Phi) is 2.82. The van der Waals surface area contributed by atoms with Crippen molar-refractivity contribution in [2.75, 3.05) is 19.8 Å². The van der Waals surface area contributed by atoms with E-state index in [4.69, 9.17) is 10.6 Å². The summed E-state index contributed by atoms with van der Waals surface area (Å²) in [6.07, 6.45) is 1.64. The highest BCUT2D eigenvalue weighted by Crippen LogP contribution is 2.28. The SMILES string of the molecule is CN(C)OC(C)(C)c1c(N)cnn1C. The van der Waals surface area contributed by atoms with Gasteiger partial charge in [-0.3, -0.25) is 9.52 Å². The van der Waals surface area contributed by atoms with Gasteiger partial charge in [0.1, 0.15) is 5.60 Å². The van der Waals surface area contributed by atoms with Crippen LogP contribution in [-0.2, 0) is 17.5 Å². The van der Waals surface area contributed by atoms with Gasteiger partial charge >= 0.3 is 0 Å². The van der Waals surface area contributed by atoms with Gasteiger partial charge in [0.25, 0.3) is 0 Å². The van der Waals surface area contributed by atoms with E-state index in [0.717, 1.165) is 5.69 Å². The third-order valence-electron chi connectivity index (χ3n) is 1.95. The van der Waals surface area contributed by atoms with Crippen molar-refractivity contribution in [3.05, 3.63) is 11.9 Å². The largest absolute Gasteiger partial charge is 0.396 e. The van der Waals surface area contributed by atoms with Crippen molar-refractivity contribution in [2.45, 2.75) is 19.4 Å². The highest BCUT2D eigenvalue weighted by Gasteiger charge is 2.29. The van der Waals surface area contributed by atoms with Crippen LogP contribution in [0.1, 0.15) is 19.5 Å². The quantitative estimate of drug-likeness (QED) is 0.727. The summed E-state index contributed by atoms with van der Waals surface area (Å²) in [7, 11) is 5.54. The molecule has 1 aromatic rings. The lowest BCUT2D eigenvalue weighted by molar-refractivity contribution is -0.213. The van der Waals surface area contributed by atoms with Crippen LogP contribution in [0.5, 0.6) is 0 Å². The van der Waals surface area contributed by atoms with Crippen LogP contribution < -0.4 is 5.73 Å². The maximum absolute atomic E-state index is 5.82. The molecule has 5 nitrogen and oxygen atoms in total. The van der Waals surface area contributed by atoms with Crippen molar-refractivity contribution in [1.82, 2.24) is 14.8 Å². The van der Waals surface area contributed by atoms with E-state index in [0.29, 0.717) is 5.69 Å². The molecule has 0 saturated heterocycles. The van der Waals surface area contributed by atoms with Gasteiger partial charge in [-0.1, -0.05) is 0 Å². The van der Waals surface area contributed by atoms with E-state index in [1.54, 1.807) is 15.9 Å². The van der Waals surface area contributed by atoms with E-state index in [1.807, 2.05) is 35.0 Å². The Hall–Kier alpha value is -1.07. The normalized spacial score (nSPS) is 12.4. The molecule has 0 bridgehead atoms. The maximum Gasteiger partial charge on any atom is 0.128 e. The summed E-state index contributed by atoms with van der Waals surface area (Å²) in [5, 5.41) is 5.74. The molecule has 0 radical (unpaired) electrons. The first-order valence-electron chi connectivity index (χ1n) is 4.49. The van der Waals surface area contributed by atoms with E-state index in [9.17, 15) is 0 Å². The number of nitrogens with two attached hydrogens (primary N) is 1. The molecular weight excluding hydrogens is 180 g/mol. The Morgan fingerprint density at radius 3 is 2.43 bits per heavy atom. The third-order valence-corrected chi connectivity index (χ3v) is 1.95. The number of aromatic nitrogens is 2. The smallest absolute Gasteiger partial charge is 0.128 e. The van der Waals surface area contributed by atoms with Gasteiger partial charge in [0.05, 0.1) is 17.6 Å². The number of aryl methyl sites for hydroxylation is 1. The van der Waals surface area contributed by atoms with Crippen molar-refractivity contribution in [1.29, 1.82) is 0 Å². The van der Waals surface area contributed by atoms with E-state index in [-0.39, 0.29) is 0 Å². The second-order valence-corrected chi connectivity index (χ2v) is 3.99. The zero-order valence-corrected chi connectivity index (χ0v) is 9.40. The van der Waals surface area contributed by atoms with E-state index in [2.05, 4.69) is 5.10 Å². The van der Waals surface area contributed by atoms with Crippen LogP contribution in [0.15, 0.2) is 6.20 Å². The fraction of sp³-hybridized carbons (Fsp3) is 0.667. The summed E-state index contributed by atoms with van der Waals surface area (Å²) >= 11 is 0. The summed E-state index contributed by atoms with van der Waals surface area (Å²) in [6.45, 7) is 3.92. The fourth-order valence-corrected chi connectivity index (χ4v) is 1.69. The zero-order valence-electron chi connectivity index (χ0n) is 9.40. The summed E-state index contributed by atoms with van der Waals surface area (Å²) in [5.41, 5.74) is 6.88. The Balaban J connectivity index is 3.02. The lowest BCUT2D eigenvalue weighted by Crippen LogP contribution is -2.32. The lowest BCUT2D eigenvalue weighted by atomic mass is 10.0. The van der Waals surface area contributed by atoms with Crippen LogP contribution in [0.3, 0.4) is 0 Å². The molecule has 0 atom stereocenters.